The average molecular weight is 315 g/mol. The summed E-state index contributed by atoms with van der Waals surface area (Å²) in [5.41, 5.74) is -0.211. The molecule has 0 radical (unpaired) electrons. The van der Waals surface area contributed by atoms with E-state index in [1.807, 2.05) is 0 Å². The van der Waals surface area contributed by atoms with Gasteiger partial charge in [-0.25, -0.2) is 8.42 Å². The van der Waals surface area contributed by atoms with Gasteiger partial charge in [0.05, 0.1) is 16.4 Å². The fourth-order valence-electron chi connectivity index (χ4n) is 1.82. The Morgan fingerprint density at radius 1 is 1.29 bits per heavy atom. The predicted molar refractivity (Wildman–Crippen MR) is 75.6 cm³/mol. The van der Waals surface area contributed by atoms with Crippen molar-refractivity contribution in [3.63, 3.8) is 0 Å². The number of hydrogen-bond donors (Lipinski definition) is 0. The lowest BCUT2D eigenvalue weighted by Crippen LogP contribution is -2.32. The van der Waals surface area contributed by atoms with Crippen LogP contribution >= 0.6 is 0 Å². The minimum absolute atomic E-state index is 0.0921. The van der Waals surface area contributed by atoms with Crippen LogP contribution in [-0.4, -0.2) is 31.2 Å². The zero-order chi connectivity index (χ0) is 16.0. The first-order valence-corrected chi connectivity index (χ1v) is 8.04. The Hall–Kier alpha value is -1.96. The van der Waals surface area contributed by atoms with E-state index in [9.17, 15) is 23.3 Å². The molecule has 1 unspecified atom stereocenters. The average Bonchev–Trinajstić information content (AvgIpc) is 2.44. The molecular weight excluding hydrogens is 298 g/mol. The molecular formula is C13H17NO6S. The lowest BCUT2D eigenvalue weighted by atomic mass is 10.2. The molecule has 7 nitrogen and oxygen atoms in total. The minimum atomic E-state index is -3.92. The number of rotatable bonds is 7. The van der Waals surface area contributed by atoms with E-state index in [2.05, 4.69) is 0 Å². The number of nitrogens with zero attached hydrogens (tertiary/aromatic N) is 1. The SMILES string of the molecule is CCCC(C(=O)OCC)S(=O)(=O)c1ccc([N+](=O)[O-])cc1. The van der Waals surface area contributed by atoms with Gasteiger partial charge in [-0.3, -0.25) is 14.9 Å². The third kappa shape index (κ3) is 4.01. The molecule has 0 amide bonds. The summed E-state index contributed by atoms with van der Waals surface area (Å²) in [4.78, 5) is 21.6. The Morgan fingerprint density at radius 2 is 1.86 bits per heavy atom. The van der Waals surface area contributed by atoms with E-state index in [1.165, 1.54) is 0 Å². The molecule has 0 aliphatic carbocycles. The summed E-state index contributed by atoms with van der Waals surface area (Å²) < 4.78 is 29.7. The van der Waals surface area contributed by atoms with Gasteiger partial charge >= 0.3 is 5.97 Å². The van der Waals surface area contributed by atoms with Crippen molar-refractivity contribution in [2.75, 3.05) is 6.61 Å². The third-order valence-corrected chi connectivity index (χ3v) is 4.96. The van der Waals surface area contributed by atoms with Gasteiger partial charge in [-0.15, -0.1) is 0 Å². The topological polar surface area (TPSA) is 104 Å². The van der Waals surface area contributed by atoms with Crippen LogP contribution in [0.5, 0.6) is 0 Å². The zero-order valence-corrected chi connectivity index (χ0v) is 12.6. The maximum absolute atomic E-state index is 12.4. The second kappa shape index (κ2) is 7.16. The minimum Gasteiger partial charge on any atom is -0.465 e. The van der Waals surface area contributed by atoms with E-state index in [0.29, 0.717) is 6.42 Å². The second-order valence-electron chi connectivity index (χ2n) is 4.33. The van der Waals surface area contributed by atoms with Crippen molar-refractivity contribution in [1.29, 1.82) is 0 Å². The Balaban J connectivity index is 3.16. The van der Waals surface area contributed by atoms with E-state index in [4.69, 9.17) is 4.74 Å². The molecule has 1 aromatic carbocycles. The third-order valence-electron chi connectivity index (χ3n) is 2.85. The van der Waals surface area contributed by atoms with Crippen LogP contribution in [0.2, 0.25) is 0 Å². The summed E-state index contributed by atoms with van der Waals surface area (Å²) in [7, 11) is -3.92. The largest absolute Gasteiger partial charge is 0.465 e. The van der Waals surface area contributed by atoms with Gasteiger partial charge in [0.2, 0.25) is 0 Å². The van der Waals surface area contributed by atoms with E-state index >= 15 is 0 Å². The summed E-state index contributed by atoms with van der Waals surface area (Å²) in [6.45, 7) is 3.45. The van der Waals surface area contributed by atoms with Gasteiger partial charge in [0.1, 0.15) is 0 Å². The van der Waals surface area contributed by atoms with Crippen LogP contribution < -0.4 is 0 Å². The number of esters is 1. The highest BCUT2D eigenvalue weighted by atomic mass is 32.2. The fourth-order valence-corrected chi connectivity index (χ4v) is 3.53. The molecule has 1 rings (SSSR count). The number of carbonyl (C=O) groups is 1. The van der Waals surface area contributed by atoms with Gasteiger partial charge in [-0.05, 0) is 25.5 Å². The molecule has 0 heterocycles. The molecule has 1 aromatic rings. The van der Waals surface area contributed by atoms with Gasteiger partial charge in [0.15, 0.2) is 15.1 Å². The standard InChI is InChI=1S/C13H17NO6S/c1-3-5-12(13(15)20-4-2)21(18,19)11-8-6-10(7-9-11)14(16)17/h6-9,12H,3-5H2,1-2H3. The van der Waals surface area contributed by atoms with Crippen LogP contribution in [0.25, 0.3) is 0 Å². The molecule has 0 aliphatic rings. The molecule has 0 saturated heterocycles. The number of sulfone groups is 1. The van der Waals surface area contributed by atoms with Gasteiger partial charge < -0.3 is 4.74 Å². The van der Waals surface area contributed by atoms with Crippen molar-refractivity contribution in [3.8, 4) is 0 Å². The van der Waals surface area contributed by atoms with Gasteiger partial charge in [-0.2, -0.15) is 0 Å². The van der Waals surface area contributed by atoms with E-state index < -0.39 is 26.0 Å². The molecule has 8 heteroatoms. The van der Waals surface area contributed by atoms with Crippen molar-refractivity contribution in [2.24, 2.45) is 0 Å². The van der Waals surface area contributed by atoms with Crippen molar-refractivity contribution in [1.82, 2.24) is 0 Å². The molecule has 0 N–H and O–H groups in total. The second-order valence-corrected chi connectivity index (χ2v) is 6.46. The van der Waals surface area contributed by atoms with Crippen LogP contribution in [-0.2, 0) is 19.4 Å². The summed E-state index contributed by atoms with van der Waals surface area (Å²) in [5, 5.41) is 9.29. The van der Waals surface area contributed by atoms with Crippen molar-refractivity contribution >= 4 is 21.5 Å². The fraction of sp³-hybridized carbons (Fsp3) is 0.462. The molecule has 0 saturated carbocycles. The van der Waals surface area contributed by atoms with Gasteiger partial charge in [0.25, 0.3) is 5.69 Å². The molecule has 0 aromatic heterocycles. The lowest BCUT2D eigenvalue weighted by Gasteiger charge is -2.15. The maximum Gasteiger partial charge on any atom is 0.324 e. The molecule has 0 bridgehead atoms. The normalized spacial score (nSPS) is 12.7. The Labute approximate surface area is 123 Å². The van der Waals surface area contributed by atoms with Crippen molar-refractivity contribution in [3.05, 3.63) is 34.4 Å². The molecule has 0 aliphatic heterocycles. The van der Waals surface area contributed by atoms with Crippen molar-refractivity contribution < 1.29 is 22.9 Å². The van der Waals surface area contributed by atoms with E-state index in [0.717, 1.165) is 24.3 Å². The van der Waals surface area contributed by atoms with Crippen LogP contribution in [0.4, 0.5) is 5.69 Å². The number of nitro benzene ring substituents is 1. The smallest absolute Gasteiger partial charge is 0.324 e. The molecule has 21 heavy (non-hydrogen) atoms. The quantitative estimate of drug-likeness (QED) is 0.433. The number of non-ortho nitro benzene ring substituents is 1. The molecule has 116 valence electrons. The number of carbonyl (C=O) groups excluding carboxylic acids is 1. The predicted octanol–water partition coefficient (Wildman–Crippen LogP) is 2.10. The highest BCUT2D eigenvalue weighted by molar-refractivity contribution is 7.92. The summed E-state index contributed by atoms with van der Waals surface area (Å²) in [6.07, 6.45) is 0.633. The lowest BCUT2D eigenvalue weighted by molar-refractivity contribution is -0.384. The van der Waals surface area contributed by atoms with Crippen LogP contribution in [0.3, 0.4) is 0 Å². The zero-order valence-electron chi connectivity index (χ0n) is 11.8. The van der Waals surface area contributed by atoms with Crippen molar-refractivity contribution in [2.45, 2.75) is 36.8 Å². The maximum atomic E-state index is 12.4. The van der Waals surface area contributed by atoms with Gasteiger partial charge in [-0.1, -0.05) is 13.3 Å². The Bertz CT molecular complexity index is 608. The first-order valence-electron chi connectivity index (χ1n) is 6.49. The molecule has 0 fully saturated rings. The van der Waals surface area contributed by atoms with E-state index in [-0.39, 0.29) is 23.6 Å². The number of nitro groups is 1. The number of benzene rings is 1. The number of ether oxygens (including phenoxy) is 1. The molecule has 1 atom stereocenters. The van der Waals surface area contributed by atoms with Crippen LogP contribution in [0, 0.1) is 10.1 Å². The highest BCUT2D eigenvalue weighted by Gasteiger charge is 2.34. The Morgan fingerprint density at radius 3 is 2.29 bits per heavy atom. The Kier molecular flexibility index (Phi) is 5.83. The number of hydrogen-bond acceptors (Lipinski definition) is 6. The first kappa shape index (κ1) is 17.1. The summed E-state index contributed by atoms with van der Waals surface area (Å²) in [6, 6.07) is 4.47. The van der Waals surface area contributed by atoms with Gasteiger partial charge in [0, 0.05) is 12.1 Å². The monoisotopic (exact) mass is 315 g/mol. The highest BCUT2D eigenvalue weighted by Crippen LogP contribution is 2.23. The van der Waals surface area contributed by atoms with E-state index in [1.54, 1.807) is 13.8 Å². The summed E-state index contributed by atoms with van der Waals surface area (Å²) in [5.74, 6) is -0.794. The summed E-state index contributed by atoms with van der Waals surface area (Å²) >= 11 is 0. The molecule has 0 spiro atoms. The van der Waals surface area contributed by atoms with Crippen LogP contribution in [0.1, 0.15) is 26.7 Å². The van der Waals surface area contributed by atoms with Crippen LogP contribution in [0.15, 0.2) is 29.2 Å². The first-order chi connectivity index (χ1) is 9.84.